The molecule has 0 saturated heterocycles. The highest BCUT2D eigenvalue weighted by Gasteiger charge is 2.07. The highest BCUT2D eigenvalue weighted by molar-refractivity contribution is 7.17. The zero-order chi connectivity index (χ0) is 15.5. The first-order valence-electron chi connectivity index (χ1n) is 6.47. The van der Waals surface area contributed by atoms with Crippen LogP contribution in [0.25, 0.3) is 10.1 Å². The molecule has 0 spiro atoms. The normalized spacial score (nSPS) is 10.6. The fourth-order valence-electron chi connectivity index (χ4n) is 1.98. The van der Waals surface area contributed by atoms with Crippen LogP contribution in [0.1, 0.15) is 0 Å². The van der Waals surface area contributed by atoms with Gasteiger partial charge in [-0.1, -0.05) is 23.2 Å². The van der Waals surface area contributed by atoms with Gasteiger partial charge in [-0.05, 0) is 53.2 Å². The Labute approximate surface area is 141 Å². The van der Waals surface area contributed by atoms with Crippen molar-refractivity contribution < 1.29 is 9.53 Å². The van der Waals surface area contributed by atoms with Crippen LogP contribution in [0.3, 0.4) is 0 Å². The first kappa shape index (κ1) is 15.2. The van der Waals surface area contributed by atoms with Crippen LogP contribution in [0.5, 0.6) is 5.75 Å². The number of nitrogens with one attached hydrogen (secondary N) is 1. The highest BCUT2D eigenvalue weighted by Crippen LogP contribution is 2.27. The number of anilines is 1. The predicted octanol–water partition coefficient (Wildman–Crippen LogP) is 5.23. The Hall–Kier alpha value is -1.75. The zero-order valence-corrected chi connectivity index (χ0v) is 13.6. The number of ether oxygens (including phenoxy) is 1. The molecule has 0 bridgehead atoms. The molecule has 3 nitrogen and oxygen atoms in total. The summed E-state index contributed by atoms with van der Waals surface area (Å²) in [5.41, 5.74) is 0.738. The van der Waals surface area contributed by atoms with Gasteiger partial charge in [0.15, 0.2) is 6.61 Å². The van der Waals surface area contributed by atoms with Crippen molar-refractivity contribution in [3.63, 3.8) is 0 Å². The molecule has 0 aliphatic rings. The van der Waals surface area contributed by atoms with E-state index < -0.39 is 0 Å². The molecule has 0 fully saturated rings. The smallest absolute Gasteiger partial charge is 0.262 e. The van der Waals surface area contributed by atoms with Crippen molar-refractivity contribution in [2.75, 3.05) is 11.9 Å². The lowest BCUT2D eigenvalue weighted by Crippen LogP contribution is -2.20. The molecule has 3 rings (SSSR count). The van der Waals surface area contributed by atoms with Gasteiger partial charge < -0.3 is 10.1 Å². The van der Waals surface area contributed by atoms with E-state index in [4.69, 9.17) is 27.9 Å². The lowest BCUT2D eigenvalue weighted by atomic mass is 10.2. The quantitative estimate of drug-likeness (QED) is 0.699. The molecule has 0 atom stereocenters. The number of rotatable bonds is 4. The minimum absolute atomic E-state index is 0.122. The van der Waals surface area contributed by atoms with Crippen molar-refractivity contribution >= 4 is 56.2 Å². The maximum atomic E-state index is 11.9. The second kappa shape index (κ2) is 6.57. The molecule has 1 heterocycles. The van der Waals surface area contributed by atoms with Crippen LogP contribution in [0, 0.1) is 0 Å². The minimum atomic E-state index is -0.249. The molecule has 1 N–H and O–H groups in total. The number of halogens is 2. The fourth-order valence-corrected chi connectivity index (χ4v) is 3.21. The Balaban J connectivity index is 1.62. The summed E-state index contributed by atoms with van der Waals surface area (Å²) >= 11 is 13.5. The lowest BCUT2D eigenvalue weighted by Gasteiger charge is -2.09. The van der Waals surface area contributed by atoms with Gasteiger partial charge in [0.2, 0.25) is 0 Å². The predicted molar refractivity (Wildman–Crippen MR) is 92.4 cm³/mol. The molecular weight excluding hydrogens is 341 g/mol. The third kappa shape index (κ3) is 3.53. The van der Waals surface area contributed by atoms with Crippen molar-refractivity contribution in [1.82, 2.24) is 0 Å². The third-order valence-electron chi connectivity index (χ3n) is 2.99. The Bertz CT molecular complexity index is 832. The maximum absolute atomic E-state index is 11.9. The van der Waals surface area contributed by atoms with Crippen molar-refractivity contribution in [2.24, 2.45) is 0 Å². The molecule has 0 aliphatic heterocycles. The second-order valence-electron chi connectivity index (χ2n) is 4.58. The molecule has 0 radical (unpaired) electrons. The molecule has 1 aromatic heterocycles. The summed E-state index contributed by atoms with van der Waals surface area (Å²) in [7, 11) is 0. The van der Waals surface area contributed by atoms with Gasteiger partial charge in [-0.15, -0.1) is 11.3 Å². The van der Waals surface area contributed by atoms with Gasteiger partial charge in [-0.25, -0.2) is 0 Å². The van der Waals surface area contributed by atoms with Crippen molar-refractivity contribution in [1.29, 1.82) is 0 Å². The summed E-state index contributed by atoms with van der Waals surface area (Å²) < 4.78 is 6.58. The summed E-state index contributed by atoms with van der Waals surface area (Å²) in [5, 5.41) is 6.81. The summed E-state index contributed by atoms with van der Waals surface area (Å²) in [5.74, 6) is 0.176. The van der Waals surface area contributed by atoms with E-state index in [-0.39, 0.29) is 12.5 Å². The van der Waals surface area contributed by atoms with Gasteiger partial charge in [0.25, 0.3) is 5.91 Å². The van der Waals surface area contributed by atoms with Gasteiger partial charge in [0.1, 0.15) is 5.75 Å². The maximum Gasteiger partial charge on any atom is 0.262 e. The van der Waals surface area contributed by atoms with Gasteiger partial charge >= 0.3 is 0 Å². The molecule has 0 saturated carbocycles. The van der Waals surface area contributed by atoms with Gasteiger partial charge in [0, 0.05) is 15.4 Å². The summed E-state index contributed by atoms with van der Waals surface area (Å²) in [6.07, 6.45) is 0. The Kier molecular flexibility index (Phi) is 4.52. The van der Waals surface area contributed by atoms with Crippen molar-refractivity contribution in [2.45, 2.75) is 0 Å². The molecule has 6 heteroatoms. The first-order chi connectivity index (χ1) is 10.6. The number of hydrogen-bond acceptors (Lipinski definition) is 3. The molecule has 0 aliphatic carbocycles. The van der Waals surface area contributed by atoms with Crippen molar-refractivity contribution in [3.05, 3.63) is 57.9 Å². The van der Waals surface area contributed by atoms with Crippen LogP contribution in [0.4, 0.5) is 5.69 Å². The third-order valence-corrected chi connectivity index (χ3v) is 4.42. The molecule has 2 aromatic carbocycles. The summed E-state index contributed by atoms with van der Waals surface area (Å²) in [4.78, 5) is 11.9. The Morgan fingerprint density at radius 2 is 2.00 bits per heavy atom. The van der Waals surface area contributed by atoms with E-state index in [1.807, 2.05) is 29.6 Å². The van der Waals surface area contributed by atoms with Gasteiger partial charge in [-0.3, -0.25) is 4.79 Å². The lowest BCUT2D eigenvalue weighted by molar-refractivity contribution is -0.118. The van der Waals surface area contributed by atoms with Crippen LogP contribution < -0.4 is 10.1 Å². The van der Waals surface area contributed by atoms with E-state index in [1.54, 1.807) is 29.5 Å². The number of fused-ring (bicyclic) bond motifs is 1. The van der Waals surface area contributed by atoms with E-state index in [9.17, 15) is 4.79 Å². The van der Waals surface area contributed by atoms with E-state index in [0.717, 1.165) is 11.1 Å². The van der Waals surface area contributed by atoms with Crippen LogP contribution >= 0.6 is 34.5 Å². The SMILES string of the molecule is O=C(COc1ccc(Cl)cc1Cl)Nc1ccc2sccc2c1. The number of thiophene rings is 1. The highest BCUT2D eigenvalue weighted by atomic mass is 35.5. The number of hydrogen-bond donors (Lipinski definition) is 1. The van der Waals surface area contributed by atoms with E-state index >= 15 is 0 Å². The number of benzene rings is 2. The molecule has 3 aromatic rings. The average Bonchev–Trinajstić information content (AvgIpc) is 2.94. The van der Waals surface area contributed by atoms with Gasteiger partial charge in [0.05, 0.1) is 5.02 Å². The zero-order valence-electron chi connectivity index (χ0n) is 11.3. The standard InChI is InChI=1S/C16H11Cl2NO2S/c17-11-1-3-14(13(18)8-11)21-9-16(20)19-12-2-4-15-10(7-12)5-6-22-15/h1-8H,9H2,(H,19,20). The van der Waals surface area contributed by atoms with Crippen molar-refractivity contribution in [3.8, 4) is 5.75 Å². The monoisotopic (exact) mass is 351 g/mol. The Morgan fingerprint density at radius 3 is 2.82 bits per heavy atom. The van der Waals surface area contributed by atoms with Gasteiger partial charge in [-0.2, -0.15) is 0 Å². The molecule has 112 valence electrons. The minimum Gasteiger partial charge on any atom is -0.482 e. The number of amides is 1. The molecule has 22 heavy (non-hydrogen) atoms. The van der Waals surface area contributed by atoms with E-state index in [0.29, 0.717) is 15.8 Å². The first-order valence-corrected chi connectivity index (χ1v) is 8.10. The fraction of sp³-hybridized carbons (Fsp3) is 0.0625. The van der Waals surface area contributed by atoms with Crippen LogP contribution in [0.2, 0.25) is 10.0 Å². The van der Waals surface area contributed by atoms with E-state index in [1.165, 1.54) is 4.70 Å². The second-order valence-corrected chi connectivity index (χ2v) is 6.38. The topological polar surface area (TPSA) is 38.3 Å². The van der Waals surface area contributed by atoms with E-state index in [2.05, 4.69) is 5.32 Å². The van der Waals surface area contributed by atoms with Crippen LogP contribution in [0.15, 0.2) is 47.8 Å². The van der Waals surface area contributed by atoms with Crippen LogP contribution in [-0.2, 0) is 4.79 Å². The Morgan fingerprint density at radius 1 is 1.14 bits per heavy atom. The number of carbonyl (C=O) groups is 1. The van der Waals surface area contributed by atoms with Crippen LogP contribution in [-0.4, -0.2) is 12.5 Å². The number of carbonyl (C=O) groups excluding carboxylic acids is 1. The molecule has 0 unspecified atom stereocenters. The average molecular weight is 352 g/mol. The summed E-state index contributed by atoms with van der Waals surface area (Å²) in [6.45, 7) is -0.122. The molecular formula is C16H11Cl2NO2S. The summed E-state index contributed by atoms with van der Waals surface area (Å²) in [6, 6.07) is 12.7. The molecule has 1 amide bonds. The largest absolute Gasteiger partial charge is 0.482 e.